The Morgan fingerprint density at radius 2 is 2.06 bits per heavy atom. The molecule has 2 heterocycles. The molecule has 0 atom stereocenters. The molecule has 0 aromatic carbocycles. The highest BCUT2D eigenvalue weighted by atomic mass is 79.9. The minimum Gasteiger partial charge on any atom is -0.369 e. The van der Waals surface area contributed by atoms with E-state index in [2.05, 4.69) is 48.8 Å². The highest BCUT2D eigenvalue weighted by Gasteiger charge is 2.02. The van der Waals surface area contributed by atoms with Gasteiger partial charge in [0.2, 0.25) is 0 Å². The van der Waals surface area contributed by atoms with Gasteiger partial charge in [0, 0.05) is 15.9 Å². The molecule has 18 heavy (non-hydrogen) atoms. The molecule has 4 nitrogen and oxygen atoms in total. The topological polar surface area (TPSA) is 49.8 Å². The van der Waals surface area contributed by atoms with Crippen LogP contribution in [0.3, 0.4) is 0 Å². The van der Waals surface area contributed by atoms with E-state index in [-0.39, 0.29) is 0 Å². The van der Waals surface area contributed by atoms with Gasteiger partial charge in [-0.3, -0.25) is 4.98 Å². The third kappa shape index (κ3) is 3.68. The SMILES string of the molecule is CCCNc1cncc(NCc2sccc2Br)n1. The summed E-state index contributed by atoms with van der Waals surface area (Å²) >= 11 is 5.22. The van der Waals surface area contributed by atoms with Crippen LogP contribution in [0.2, 0.25) is 0 Å². The van der Waals surface area contributed by atoms with Crippen molar-refractivity contribution < 1.29 is 0 Å². The van der Waals surface area contributed by atoms with Crippen LogP contribution in [-0.4, -0.2) is 16.5 Å². The lowest BCUT2D eigenvalue weighted by Gasteiger charge is -2.07. The second kappa shape index (κ2) is 6.70. The summed E-state index contributed by atoms with van der Waals surface area (Å²) in [7, 11) is 0. The van der Waals surface area contributed by atoms with Crippen molar-refractivity contribution in [2.45, 2.75) is 19.9 Å². The molecule has 0 aliphatic rings. The van der Waals surface area contributed by atoms with Crippen LogP contribution >= 0.6 is 27.3 Å². The van der Waals surface area contributed by atoms with Gasteiger partial charge in [0.05, 0.1) is 18.9 Å². The number of aromatic nitrogens is 2. The molecular formula is C12H15BrN4S. The lowest BCUT2D eigenvalue weighted by molar-refractivity contribution is 0.963. The number of thiophene rings is 1. The summed E-state index contributed by atoms with van der Waals surface area (Å²) in [5.74, 6) is 1.60. The summed E-state index contributed by atoms with van der Waals surface area (Å²) in [5, 5.41) is 8.55. The Labute approximate surface area is 119 Å². The first kappa shape index (κ1) is 13.3. The fourth-order valence-electron chi connectivity index (χ4n) is 1.41. The molecule has 0 unspecified atom stereocenters. The molecule has 0 amide bonds. The monoisotopic (exact) mass is 326 g/mol. The Hall–Kier alpha value is -1.14. The number of hydrogen-bond donors (Lipinski definition) is 2. The van der Waals surface area contributed by atoms with E-state index in [0.29, 0.717) is 0 Å². The maximum atomic E-state index is 4.44. The highest BCUT2D eigenvalue weighted by molar-refractivity contribution is 9.10. The van der Waals surface area contributed by atoms with E-state index in [4.69, 9.17) is 0 Å². The van der Waals surface area contributed by atoms with E-state index in [1.165, 1.54) is 4.88 Å². The van der Waals surface area contributed by atoms with Gasteiger partial charge < -0.3 is 10.6 Å². The number of anilines is 2. The molecule has 6 heteroatoms. The van der Waals surface area contributed by atoms with Crippen molar-refractivity contribution in [2.24, 2.45) is 0 Å². The fourth-order valence-corrected chi connectivity index (χ4v) is 2.84. The van der Waals surface area contributed by atoms with Crippen molar-refractivity contribution in [1.29, 1.82) is 0 Å². The Kier molecular flexibility index (Phi) is 4.95. The summed E-state index contributed by atoms with van der Waals surface area (Å²) in [6, 6.07) is 2.05. The Morgan fingerprint density at radius 3 is 2.72 bits per heavy atom. The molecule has 0 saturated heterocycles. The van der Waals surface area contributed by atoms with Crippen LogP contribution in [0.25, 0.3) is 0 Å². The summed E-state index contributed by atoms with van der Waals surface area (Å²) in [6.07, 6.45) is 4.54. The highest BCUT2D eigenvalue weighted by Crippen LogP contribution is 2.23. The van der Waals surface area contributed by atoms with Crippen LogP contribution in [0, 0.1) is 0 Å². The van der Waals surface area contributed by atoms with Crippen LogP contribution < -0.4 is 10.6 Å². The number of nitrogens with zero attached hydrogens (tertiary/aromatic N) is 2. The molecule has 0 saturated carbocycles. The van der Waals surface area contributed by atoms with Crippen LogP contribution in [0.1, 0.15) is 18.2 Å². The first-order valence-corrected chi connectivity index (χ1v) is 7.48. The van der Waals surface area contributed by atoms with Crippen LogP contribution in [-0.2, 0) is 6.54 Å². The summed E-state index contributed by atoms with van der Waals surface area (Å²) in [4.78, 5) is 9.86. The van der Waals surface area contributed by atoms with Gasteiger partial charge in [-0.25, -0.2) is 4.98 Å². The zero-order valence-corrected chi connectivity index (χ0v) is 12.5. The average Bonchev–Trinajstić information content (AvgIpc) is 2.80. The Balaban J connectivity index is 1.95. The molecule has 0 bridgehead atoms. The molecule has 0 spiro atoms. The predicted molar refractivity (Wildman–Crippen MR) is 80.2 cm³/mol. The van der Waals surface area contributed by atoms with Gasteiger partial charge in [0.1, 0.15) is 11.6 Å². The van der Waals surface area contributed by atoms with Gasteiger partial charge >= 0.3 is 0 Å². The third-order valence-corrected chi connectivity index (χ3v) is 4.24. The molecule has 0 radical (unpaired) electrons. The molecule has 2 N–H and O–H groups in total. The van der Waals surface area contributed by atoms with E-state index >= 15 is 0 Å². The van der Waals surface area contributed by atoms with Crippen molar-refractivity contribution in [1.82, 2.24) is 9.97 Å². The molecule has 2 aromatic rings. The van der Waals surface area contributed by atoms with Crippen molar-refractivity contribution >= 4 is 38.9 Å². The van der Waals surface area contributed by atoms with E-state index in [1.807, 2.05) is 6.07 Å². The van der Waals surface area contributed by atoms with E-state index in [0.717, 1.165) is 35.6 Å². The Bertz CT molecular complexity index is 500. The normalized spacial score (nSPS) is 10.3. The fraction of sp³-hybridized carbons (Fsp3) is 0.333. The number of halogens is 1. The van der Waals surface area contributed by atoms with Crippen molar-refractivity contribution in [3.8, 4) is 0 Å². The lowest BCUT2D eigenvalue weighted by atomic mass is 10.4. The second-order valence-electron chi connectivity index (χ2n) is 3.76. The number of rotatable bonds is 6. The maximum Gasteiger partial charge on any atom is 0.147 e. The quantitative estimate of drug-likeness (QED) is 0.849. The zero-order chi connectivity index (χ0) is 12.8. The predicted octanol–water partition coefficient (Wildman–Crippen LogP) is 3.73. The van der Waals surface area contributed by atoms with Crippen LogP contribution in [0.5, 0.6) is 0 Å². The van der Waals surface area contributed by atoms with E-state index in [9.17, 15) is 0 Å². The van der Waals surface area contributed by atoms with Crippen molar-refractivity contribution in [2.75, 3.05) is 17.2 Å². The van der Waals surface area contributed by atoms with Gasteiger partial charge in [-0.05, 0) is 33.8 Å². The van der Waals surface area contributed by atoms with Gasteiger partial charge in [0.25, 0.3) is 0 Å². The number of hydrogen-bond acceptors (Lipinski definition) is 5. The van der Waals surface area contributed by atoms with Crippen LogP contribution in [0.15, 0.2) is 28.3 Å². The smallest absolute Gasteiger partial charge is 0.147 e. The van der Waals surface area contributed by atoms with Gasteiger partial charge in [-0.15, -0.1) is 11.3 Å². The zero-order valence-electron chi connectivity index (χ0n) is 10.1. The molecule has 96 valence electrons. The molecular weight excluding hydrogens is 312 g/mol. The van der Waals surface area contributed by atoms with Crippen molar-refractivity contribution in [3.63, 3.8) is 0 Å². The van der Waals surface area contributed by atoms with E-state index < -0.39 is 0 Å². The third-order valence-electron chi connectivity index (χ3n) is 2.31. The maximum absolute atomic E-state index is 4.44. The first-order chi connectivity index (χ1) is 8.79. The second-order valence-corrected chi connectivity index (χ2v) is 5.62. The lowest BCUT2D eigenvalue weighted by Crippen LogP contribution is -2.06. The first-order valence-electron chi connectivity index (χ1n) is 5.81. The average molecular weight is 327 g/mol. The molecule has 2 aromatic heterocycles. The minimum atomic E-state index is 0.754. The standard InChI is InChI=1S/C12H15BrN4S/c1-2-4-15-11-7-14-8-12(17-11)16-6-10-9(13)3-5-18-10/h3,5,7-8H,2,4,6H2,1H3,(H2,15,16,17). The molecule has 0 fully saturated rings. The summed E-state index contributed by atoms with van der Waals surface area (Å²) < 4.78 is 1.13. The molecule has 2 rings (SSSR count). The van der Waals surface area contributed by atoms with Crippen molar-refractivity contribution in [3.05, 3.63) is 33.2 Å². The van der Waals surface area contributed by atoms with Crippen LogP contribution in [0.4, 0.5) is 11.6 Å². The molecule has 0 aliphatic carbocycles. The number of nitrogens with one attached hydrogen (secondary N) is 2. The summed E-state index contributed by atoms with van der Waals surface area (Å²) in [5.41, 5.74) is 0. The largest absolute Gasteiger partial charge is 0.369 e. The Morgan fingerprint density at radius 1 is 1.28 bits per heavy atom. The van der Waals surface area contributed by atoms with E-state index in [1.54, 1.807) is 23.7 Å². The molecule has 0 aliphatic heterocycles. The van der Waals surface area contributed by atoms with Gasteiger partial charge in [0.15, 0.2) is 0 Å². The summed E-state index contributed by atoms with van der Waals surface area (Å²) in [6.45, 7) is 3.79. The van der Waals surface area contributed by atoms with Gasteiger partial charge in [-0.2, -0.15) is 0 Å². The minimum absolute atomic E-state index is 0.754. The van der Waals surface area contributed by atoms with Gasteiger partial charge in [-0.1, -0.05) is 6.92 Å².